The van der Waals surface area contributed by atoms with E-state index in [1.54, 1.807) is 0 Å². The van der Waals surface area contributed by atoms with Crippen molar-refractivity contribution in [1.82, 2.24) is 0 Å². The van der Waals surface area contributed by atoms with Gasteiger partial charge in [0, 0.05) is 32.5 Å². The SMILES string of the molecule is CC1(C)c2ccccc2-c2c(N(c3cc4ccccc4c4ccccc34)c3cccc4c3oc3c5ccccc5ccc43)cccc21. The molecule has 47 heavy (non-hydrogen) atoms. The minimum atomic E-state index is -0.122. The number of nitrogens with zero attached hydrogens (tertiary/aromatic N) is 1. The Hall–Kier alpha value is -5.86. The van der Waals surface area contributed by atoms with E-state index in [-0.39, 0.29) is 5.41 Å². The molecular formula is C45H31NO. The maximum atomic E-state index is 7.01. The van der Waals surface area contributed by atoms with E-state index < -0.39 is 0 Å². The number of rotatable bonds is 3. The van der Waals surface area contributed by atoms with Crippen molar-refractivity contribution >= 4 is 71.3 Å². The highest BCUT2D eigenvalue weighted by Crippen LogP contribution is 2.55. The standard InChI is InChI=1S/C45H31NO/c1-45(2)37-21-10-9-19-36(37)42-38(45)22-12-23-39(42)46(41-27-29-14-4-5-15-30(29)32-17-7-8-18-33(32)41)40-24-11-20-34-35-26-25-28-13-3-6-16-31(28)43(35)47-44(34)40/h3-27H,1-2H3. The Bertz CT molecular complexity index is 2730. The second kappa shape index (κ2) is 9.57. The summed E-state index contributed by atoms with van der Waals surface area (Å²) < 4.78 is 7.01. The molecule has 1 aliphatic carbocycles. The third-order valence-corrected chi connectivity index (χ3v) is 10.4. The van der Waals surface area contributed by atoms with Gasteiger partial charge in [0.2, 0.25) is 0 Å². The van der Waals surface area contributed by atoms with Gasteiger partial charge in [-0.05, 0) is 62.5 Å². The maximum absolute atomic E-state index is 7.01. The Labute approximate surface area is 273 Å². The zero-order valence-corrected chi connectivity index (χ0v) is 26.3. The molecule has 8 aromatic carbocycles. The van der Waals surface area contributed by atoms with Crippen LogP contribution in [0.3, 0.4) is 0 Å². The molecule has 0 aliphatic heterocycles. The molecule has 0 N–H and O–H groups in total. The van der Waals surface area contributed by atoms with Crippen molar-refractivity contribution in [3.8, 4) is 11.1 Å². The van der Waals surface area contributed by atoms with E-state index in [1.165, 1.54) is 49.2 Å². The quantitative estimate of drug-likeness (QED) is 0.187. The molecule has 0 saturated carbocycles. The smallest absolute Gasteiger partial charge is 0.159 e. The molecule has 0 bridgehead atoms. The number of furan rings is 1. The molecule has 0 saturated heterocycles. The monoisotopic (exact) mass is 601 g/mol. The fraction of sp³-hybridized carbons (Fsp3) is 0.0667. The molecule has 1 aliphatic rings. The van der Waals surface area contributed by atoms with E-state index in [0.29, 0.717) is 0 Å². The Morgan fingerprint density at radius 3 is 1.91 bits per heavy atom. The van der Waals surface area contributed by atoms with Gasteiger partial charge in [-0.1, -0.05) is 141 Å². The third kappa shape index (κ3) is 3.61. The Balaban J connectivity index is 1.37. The maximum Gasteiger partial charge on any atom is 0.159 e. The van der Waals surface area contributed by atoms with Crippen LogP contribution in [0, 0.1) is 0 Å². The van der Waals surface area contributed by atoms with Gasteiger partial charge < -0.3 is 9.32 Å². The summed E-state index contributed by atoms with van der Waals surface area (Å²) >= 11 is 0. The zero-order valence-electron chi connectivity index (χ0n) is 26.3. The Morgan fingerprint density at radius 1 is 0.426 bits per heavy atom. The van der Waals surface area contributed by atoms with Gasteiger partial charge in [0.15, 0.2) is 5.58 Å². The van der Waals surface area contributed by atoms with Crippen molar-refractivity contribution in [3.63, 3.8) is 0 Å². The fourth-order valence-corrected chi connectivity index (χ4v) is 8.22. The van der Waals surface area contributed by atoms with E-state index in [2.05, 4.69) is 170 Å². The number of para-hydroxylation sites is 1. The lowest BCUT2D eigenvalue weighted by Crippen LogP contribution is -2.16. The van der Waals surface area contributed by atoms with Gasteiger partial charge in [0.1, 0.15) is 5.58 Å². The highest BCUT2D eigenvalue weighted by molar-refractivity contribution is 6.20. The molecule has 10 rings (SSSR count). The average Bonchev–Trinajstić information content (AvgIpc) is 3.62. The Morgan fingerprint density at radius 2 is 1.04 bits per heavy atom. The number of hydrogen-bond acceptors (Lipinski definition) is 2. The molecule has 0 radical (unpaired) electrons. The first-order valence-corrected chi connectivity index (χ1v) is 16.4. The summed E-state index contributed by atoms with van der Waals surface area (Å²) in [6.07, 6.45) is 0. The Kier molecular flexibility index (Phi) is 5.37. The van der Waals surface area contributed by atoms with Gasteiger partial charge in [0.05, 0.1) is 17.1 Å². The molecule has 0 amide bonds. The molecule has 0 unspecified atom stereocenters. The largest absolute Gasteiger partial charge is 0.453 e. The van der Waals surface area contributed by atoms with E-state index in [0.717, 1.165) is 44.4 Å². The van der Waals surface area contributed by atoms with Gasteiger partial charge in [0.25, 0.3) is 0 Å². The lowest BCUT2D eigenvalue weighted by atomic mass is 9.82. The van der Waals surface area contributed by atoms with Crippen LogP contribution in [-0.2, 0) is 5.41 Å². The van der Waals surface area contributed by atoms with Crippen LogP contribution in [0.4, 0.5) is 17.1 Å². The summed E-state index contributed by atoms with van der Waals surface area (Å²) in [6, 6.07) is 55.2. The van der Waals surface area contributed by atoms with Gasteiger partial charge in [-0.15, -0.1) is 0 Å². The summed E-state index contributed by atoms with van der Waals surface area (Å²) in [5.41, 5.74) is 10.3. The summed E-state index contributed by atoms with van der Waals surface area (Å²) in [6.45, 7) is 4.70. The lowest BCUT2D eigenvalue weighted by Gasteiger charge is -2.30. The van der Waals surface area contributed by atoms with Crippen LogP contribution in [0.2, 0.25) is 0 Å². The highest BCUT2D eigenvalue weighted by Gasteiger charge is 2.38. The molecular weight excluding hydrogens is 571 g/mol. The van der Waals surface area contributed by atoms with Crippen LogP contribution in [-0.4, -0.2) is 0 Å². The molecule has 222 valence electrons. The number of anilines is 3. The first-order chi connectivity index (χ1) is 23.1. The molecule has 0 fully saturated rings. The molecule has 2 nitrogen and oxygen atoms in total. The van der Waals surface area contributed by atoms with E-state index in [4.69, 9.17) is 4.42 Å². The second-order valence-corrected chi connectivity index (χ2v) is 13.3. The van der Waals surface area contributed by atoms with E-state index in [9.17, 15) is 0 Å². The van der Waals surface area contributed by atoms with Gasteiger partial charge in [-0.3, -0.25) is 0 Å². The summed E-state index contributed by atoms with van der Waals surface area (Å²) in [7, 11) is 0. The van der Waals surface area contributed by atoms with Crippen LogP contribution in [0.5, 0.6) is 0 Å². The summed E-state index contributed by atoms with van der Waals surface area (Å²) in [5.74, 6) is 0. The van der Waals surface area contributed by atoms with Crippen molar-refractivity contribution in [2.75, 3.05) is 4.90 Å². The van der Waals surface area contributed by atoms with Crippen LogP contribution in [0.15, 0.2) is 156 Å². The molecule has 0 spiro atoms. The van der Waals surface area contributed by atoms with Crippen molar-refractivity contribution in [2.24, 2.45) is 0 Å². The molecule has 9 aromatic rings. The predicted molar refractivity (Wildman–Crippen MR) is 198 cm³/mol. The van der Waals surface area contributed by atoms with E-state index in [1.807, 2.05) is 0 Å². The first-order valence-electron chi connectivity index (χ1n) is 16.4. The van der Waals surface area contributed by atoms with Gasteiger partial charge in [-0.2, -0.15) is 0 Å². The molecule has 2 heteroatoms. The lowest BCUT2D eigenvalue weighted by molar-refractivity contribution is 0.660. The van der Waals surface area contributed by atoms with E-state index >= 15 is 0 Å². The third-order valence-electron chi connectivity index (χ3n) is 10.4. The van der Waals surface area contributed by atoms with Crippen molar-refractivity contribution in [3.05, 3.63) is 163 Å². The number of hydrogen-bond donors (Lipinski definition) is 0. The average molecular weight is 602 g/mol. The van der Waals surface area contributed by atoms with Crippen LogP contribution >= 0.6 is 0 Å². The van der Waals surface area contributed by atoms with Crippen LogP contribution in [0.1, 0.15) is 25.0 Å². The van der Waals surface area contributed by atoms with Crippen molar-refractivity contribution in [2.45, 2.75) is 19.3 Å². The zero-order chi connectivity index (χ0) is 31.3. The highest BCUT2D eigenvalue weighted by atomic mass is 16.3. The fourth-order valence-electron chi connectivity index (χ4n) is 8.22. The van der Waals surface area contributed by atoms with Crippen LogP contribution < -0.4 is 4.90 Å². The minimum absolute atomic E-state index is 0.122. The summed E-state index contributed by atoms with van der Waals surface area (Å²) in [4.78, 5) is 2.47. The number of benzene rings is 8. The normalized spacial score (nSPS) is 13.5. The first kappa shape index (κ1) is 26.4. The second-order valence-electron chi connectivity index (χ2n) is 13.3. The molecule has 0 atom stereocenters. The van der Waals surface area contributed by atoms with Crippen molar-refractivity contribution in [1.29, 1.82) is 0 Å². The number of fused-ring (bicyclic) bond motifs is 11. The van der Waals surface area contributed by atoms with Gasteiger partial charge in [-0.25, -0.2) is 0 Å². The minimum Gasteiger partial charge on any atom is -0.453 e. The summed E-state index contributed by atoms with van der Waals surface area (Å²) in [5, 5.41) is 9.46. The van der Waals surface area contributed by atoms with Crippen molar-refractivity contribution < 1.29 is 4.42 Å². The topological polar surface area (TPSA) is 16.4 Å². The van der Waals surface area contributed by atoms with Crippen LogP contribution in [0.25, 0.3) is 65.4 Å². The van der Waals surface area contributed by atoms with Gasteiger partial charge >= 0.3 is 0 Å². The predicted octanol–water partition coefficient (Wildman–Crippen LogP) is 12.8. The molecule has 1 heterocycles. The molecule has 1 aromatic heterocycles.